The Hall–Kier alpha value is -3.10. The number of benzene rings is 1. The molecular weight excluding hydrogens is 278 g/mol. The number of nitrogens with zero attached hydrogens (tertiary/aromatic N) is 3. The molecule has 0 saturated carbocycles. The van der Waals surface area contributed by atoms with E-state index in [1.54, 1.807) is 31.3 Å². The van der Waals surface area contributed by atoms with Gasteiger partial charge in [-0.05, 0) is 12.1 Å². The number of carbonyl (C=O) groups is 2. The molecule has 0 saturated heterocycles. The Morgan fingerprint density at radius 2 is 1.95 bits per heavy atom. The number of nitrogens with one attached hydrogen (secondary N) is 1. The van der Waals surface area contributed by atoms with Crippen LogP contribution in [0.15, 0.2) is 24.3 Å². The first kappa shape index (κ1) is 14.3. The Labute approximate surface area is 119 Å². The predicted octanol–water partition coefficient (Wildman–Crippen LogP) is 1.12. The Balaban J connectivity index is 2.27. The largest absolute Gasteiger partial charge is 0.453 e. The summed E-state index contributed by atoms with van der Waals surface area (Å²) >= 11 is 0. The maximum absolute atomic E-state index is 11.1. The number of aryl methyl sites for hydroxylation is 1. The minimum atomic E-state index is -0.953. The number of hydrogen-bond acceptors (Lipinski definition) is 6. The molecule has 0 aliphatic rings. The number of methoxy groups -OCH3 is 1. The van der Waals surface area contributed by atoms with Crippen LogP contribution in [-0.4, -0.2) is 34.3 Å². The van der Waals surface area contributed by atoms with Gasteiger partial charge in [0.2, 0.25) is 0 Å². The number of hydrogen-bond donors (Lipinski definition) is 2. The summed E-state index contributed by atoms with van der Waals surface area (Å²) in [6.45, 7) is 0. The smallest absolute Gasteiger partial charge is 0.411 e. The third-order valence-corrected chi connectivity index (χ3v) is 2.56. The molecule has 0 aliphatic carbocycles. The van der Waals surface area contributed by atoms with Crippen LogP contribution in [0, 0.1) is 0 Å². The fourth-order valence-corrected chi connectivity index (χ4v) is 1.62. The van der Waals surface area contributed by atoms with Crippen molar-refractivity contribution in [2.24, 2.45) is 12.8 Å². The summed E-state index contributed by atoms with van der Waals surface area (Å²) < 4.78 is 10.7. The molecule has 0 spiro atoms. The van der Waals surface area contributed by atoms with Crippen molar-refractivity contribution in [3.8, 4) is 17.1 Å². The van der Waals surface area contributed by atoms with Crippen LogP contribution in [0.25, 0.3) is 11.3 Å². The molecule has 3 N–H and O–H groups in total. The third kappa shape index (κ3) is 3.26. The normalized spacial score (nSPS) is 10.0. The van der Waals surface area contributed by atoms with E-state index in [0.29, 0.717) is 16.9 Å². The molecule has 9 heteroatoms. The molecule has 0 atom stereocenters. The molecule has 21 heavy (non-hydrogen) atoms. The molecule has 2 rings (SSSR count). The lowest BCUT2D eigenvalue weighted by Gasteiger charge is -2.05. The lowest BCUT2D eigenvalue weighted by molar-refractivity contribution is 0.187. The second-order valence-electron chi connectivity index (χ2n) is 3.98. The average molecular weight is 291 g/mol. The van der Waals surface area contributed by atoms with Crippen LogP contribution in [0.2, 0.25) is 0 Å². The molecule has 0 fully saturated rings. The monoisotopic (exact) mass is 291 g/mol. The van der Waals surface area contributed by atoms with E-state index < -0.39 is 12.2 Å². The molecular formula is C12H13N5O4. The SMILES string of the molecule is COC(=O)Nc1ccc(-c2nnn(C)c2OC(N)=O)cc1. The number of primary amides is 1. The van der Waals surface area contributed by atoms with E-state index in [2.05, 4.69) is 20.4 Å². The number of ether oxygens (including phenoxy) is 2. The third-order valence-electron chi connectivity index (χ3n) is 2.56. The summed E-state index contributed by atoms with van der Waals surface area (Å²) in [7, 11) is 2.85. The molecule has 2 amide bonds. The molecule has 9 nitrogen and oxygen atoms in total. The van der Waals surface area contributed by atoms with Crippen LogP contribution < -0.4 is 15.8 Å². The van der Waals surface area contributed by atoms with Crippen molar-refractivity contribution in [1.29, 1.82) is 0 Å². The Morgan fingerprint density at radius 3 is 2.52 bits per heavy atom. The highest BCUT2D eigenvalue weighted by Gasteiger charge is 2.16. The maximum Gasteiger partial charge on any atom is 0.411 e. The lowest BCUT2D eigenvalue weighted by atomic mass is 10.1. The molecule has 0 unspecified atom stereocenters. The second-order valence-corrected chi connectivity index (χ2v) is 3.98. The average Bonchev–Trinajstić information content (AvgIpc) is 2.80. The van der Waals surface area contributed by atoms with Gasteiger partial charge in [0.15, 0.2) is 5.69 Å². The van der Waals surface area contributed by atoms with E-state index in [9.17, 15) is 9.59 Å². The van der Waals surface area contributed by atoms with Crippen molar-refractivity contribution in [2.75, 3.05) is 12.4 Å². The molecule has 0 radical (unpaired) electrons. The van der Waals surface area contributed by atoms with Gasteiger partial charge in [0.25, 0.3) is 5.88 Å². The van der Waals surface area contributed by atoms with Crippen molar-refractivity contribution in [1.82, 2.24) is 15.0 Å². The van der Waals surface area contributed by atoms with Crippen LogP contribution in [-0.2, 0) is 11.8 Å². The highest BCUT2D eigenvalue weighted by Crippen LogP contribution is 2.28. The first-order valence-corrected chi connectivity index (χ1v) is 5.83. The molecule has 0 bridgehead atoms. The van der Waals surface area contributed by atoms with E-state index >= 15 is 0 Å². The van der Waals surface area contributed by atoms with Crippen molar-refractivity contribution in [3.05, 3.63) is 24.3 Å². The number of nitrogens with two attached hydrogens (primary N) is 1. The van der Waals surface area contributed by atoms with Crippen molar-refractivity contribution >= 4 is 17.9 Å². The summed E-state index contributed by atoms with van der Waals surface area (Å²) in [5.74, 6) is 0.135. The number of rotatable bonds is 3. The highest BCUT2D eigenvalue weighted by molar-refractivity contribution is 5.85. The first-order chi connectivity index (χ1) is 10.0. The van der Waals surface area contributed by atoms with E-state index in [0.717, 1.165) is 0 Å². The topological polar surface area (TPSA) is 121 Å². The number of amides is 2. The highest BCUT2D eigenvalue weighted by atomic mass is 16.6. The van der Waals surface area contributed by atoms with Gasteiger partial charge in [-0.2, -0.15) is 0 Å². The van der Waals surface area contributed by atoms with E-state index in [4.69, 9.17) is 10.5 Å². The fraction of sp³-hybridized carbons (Fsp3) is 0.167. The Bertz CT molecular complexity index is 665. The minimum Gasteiger partial charge on any atom is -0.453 e. The molecule has 110 valence electrons. The minimum absolute atomic E-state index is 0.135. The van der Waals surface area contributed by atoms with Crippen LogP contribution in [0.1, 0.15) is 0 Å². The van der Waals surface area contributed by atoms with E-state index in [1.165, 1.54) is 11.8 Å². The Kier molecular flexibility index (Phi) is 4.02. The maximum atomic E-state index is 11.1. The van der Waals surface area contributed by atoms with Gasteiger partial charge >= 0.3 is 12.2 Å². The summed E-state index contributed by atoms with van der Waals surface area (Å²) in [4.78, 5) is 22.0. The van der Waals surface area contributed by atoms with Gasteiger partial charge in [-0.3, -0.25) is 5.32 Å². The zero-order valence-corrected chi connectivity index (χ0v) is 11.4. The molecule has 1 heterocycles. The van der Waals surface area contributed by atoms with Crippen molar-refractivity contribution < 1.29 is 19.1 Å². The molecule has 1 aromatic heterocycles. The van der Waals surface area contributed by atoms with Crippen molar-refractivity contribution in [3.63, 3.8) is 0 Å². The lowest BCUT2D eigenvalue weighted by Crippen LogP contribution is -2.18. The van der Waals surface area contributed by atoms with Crippen LogP contribution in [0.5, 0.6) is 5.88 Å². The summed E-state index contributed by atoms with van der Waals surface area (Å²) in [6, 6.07) is 6.66. The standard InChI is InChI=1S/C12H13N5O4/c1-17-10(21-11(13)18)9(15-16-17)7-3-5-8(6-4-7)14-12(19)20-2/h3-6H,1-2H3,(H2,13,18)(H,14,19). The summed E-state index contributed by atoms with van der Waals surface area (Å²) in [5.41, 5.74) is 6.56. The van der Waals surface area contributed by atoms with Gasteiger partial charge in [-0.25, -0.2) is 14.3 Å². The first-order valence-electron chi connectivity index (χ1n) is 5.83. The van der Waals surface area contributed by atoms with Gasteiger partial charge in [0.1, 0.15) is 0 Å². The number of carbonyl (C=O) groups excluding carboxylic acids is 2. The predicted molar refractivity (Wildman–Crippen MR) is 72.7 cm³/mol. The zero-order valence-electron chi connectivity index (χ0n) is 11.4. The van der Waals surface area contributed by atoms with Gasteiger partial charge in [-0.1, -0.05) is 17.3 Å². The quantitative estimate of drug-likeness (QED) is 0.873. The van der Waals surface area contributed by atoms with Crippen molar-refractivity contribution in [2.45, 2.75) is 0 Å². The number of aromatic nitrogens is 3. The van der Waals surface area contributed by atoms with Crippen LogP contribution >= 0.6 is 0 Å². The number of anilines is 1. The Morgan fingerprint density at radius 1 is 1.29 bits per heavy atom. The van der Waals surface area contributed by atoms with E-state index in [-0.39, 0.29) is 5.88 Å². The van der Waals surface area contributed by atoms with Crippen LogP contribution in [0.4, 0.5) is 15.3 Å². The van der Waals surface area contributed by atoms with Gasteiger partial charge in [-0.15, -0.1) is 5.10 Å². The molecule has 0 aliphatic heterocycles. The van der Waals surface area contributed by atoms with Gasteiger partial charge < -0.3 is 15.2 Å². The van der Waals surface area contributed by atoms with E-state index in [1.807, 2.05) is 0 Å². The fourth-order valence-electron chi connectivity index (χ4n) is 1.62. The molecule has 1 aromatic carbocycles. The van der Waals surface area contributed by atoms with Gasteiger partial charge in [0, 0.05) is 18.3 Å². The molecule has 2 aromatic rings. The second kappa shape index (κ2) is 5.90. The van der Waals surface area contributed by atoms with Crippen LogP contribution in [0.3, 0.4) is 0 Å². The summed E-state index contributed by atoms with van der Waals surface area (Å²) in [5, 5.41) is 10.2. The zero-order chi connectivity index (χ0) is 15.4. The summed E-state index contributed by atoms with van der Waals surface area (Å²) in [6.07, 6.45) is -1.52. The van der Waals surface area contributed by atoms with Gasteiger partial charge in [0.05, 0.1) is 7.11 Å².